The van der Waals surface area contributed by atoms with Gasteiger partial charge in [0.25, 0.3) is 0 Å². The Kier molecular flexibility index (Phi) is 5.30. The van der Waals surface area contributed by atoms with Crippen molar-refractivity contribution < 1.29 is 28.0 Å². The zero-order valence-electron chi connectivity index (χ0n) is 16.0. The van der Waals surface area contributed by atoms with Gasteiger partial charge in [0.1, 0.15) is 28.5 Å². The first-order valence-electron chi connectivity index (χ1n) is 8.72. The molecule has 0 aliphatic rings. The largest absolute Gasteiger partial charge is 0.462 e. The van der Waals surface area contributed by atoms with Crippen molar-refractivity contribution in [1.82, 2.24) is 15.1 Å². The van der Waals surface area contributed by atoms with Crippen LogP contribution in [0, 0.1) is 13.8 Å². The van der Waals surface area contributed by atoms with Gasteiger partial charge in [0.2, 0.25) is 5.71 Å². The van der Waals surface area contributed by atoms with Gasteiger partial charge in [0.15, 0.2) is 12.4 Å². The third-order valence-electron chi connectivity index (χ3n) is 4.09. The molecule has 0 amide bonds. The quantitative estimate of drug-likeness (QED) is 0.625. The molecule has 10 nitrogen and oxygen atoms in total. The highest BCUT2D eigenvalue weighted by Gasteiger charge is 2.25. The van der Waals surface area contributed by atoms with Crippen molar-refractivity contribution in [3.05, 3.63) is 34.2 Å². The van der Waals surface area contributed by atoms with Gasteiger partial charge in [0, 0.05) is 0 Å². The highest BCUT2D eigenvalue weighted by Crippen LogP contribution is 2.29. The Balaban J connectivity index is 1.86. The molecule has 0 aliphatic carbocycles. The van der Waals surface area contributed by atoms with Crippen molar-refractivity contribution in [2.24, 2.45) is 0 Å². The van der Waals surface area contributed by atoms with Crippen LogP contribution in [0.15, 0.2) is 8.94 Å². The molecule has 0 spiro atoms. The SMILES string of the molecule is CCOC(=O)c1c(C)oc2nc(COC(=O)c3c(CC)noc3C)nc(N)c12. The first-order valence-corrected chi connectivity index (χ1v) is 8.72. The Morgan fingerprint density at radius 1 is 1.04 bits per heavy atom. The molecule has 3 rings (SSSR count). The highest BCUT2D eigenvalue weighted by molar-refractivity contribution is 6.07. The summed E-state index contributed by atoms with van der Waals surface area (Å²) in [5.74, 6) is -0.306. The molecule has 3 aromatic heterocycles. The molecule has 10 heteroatoms. The second-order valence-corrected chi connectivity index (χ2v) is 5.95. The molecule has 0 atom stereocenters. The van der Waals surface area contributed by atoms with E-state index in [4.69, 9.17) is 24.1 Å². The number of rotatable bonds is 6. The van der Waals surface area contributed by atoms with Crippen LogP contribution < -0.4 is 5.73 Å². The molecule has 0 radical (unpaired) electrons. The Labute approximate surface area is 160 Å². The maximum absolute atomic E-state index is 12.4. The number of fused-ring (bicyclic) bond motifs is 1. The van der Waals surface area contributed by atoms with Crippen molar-refractivity contribution in [2.45, 2.75) is 40.7 Å². The summed E-state index contributed by atoms with van der Waals surface area (Å²) >= 11 is 0. The van der Waals surface area contributed by atoms with Crippen LogP contribution in [0.5, 0.6) is 0 Å². The van der Waals surface area contributed by atoms with E-state index in [2.05, 4.69) is 15.1 Å². The van der Waals surface area contributed by atoms with Crippen LogP contribution in [0.25, 0.3) is 11.1 Å². The number of nitrogens with two attached hydrogens (primary N) is 1. The minimum absolute atomic E-state index is 0.0337. The van der Waals surface area contributed by atoms with Gasteiger partial charge in [0.05, 0.1) is 17.7 Å². The number of aryl methyl sites for hydroxylation is 3. The van der Waals surface area contributed by atoms with E-state index in [1.165, 1.54) is 0 Å². The van der Waals surface area contributed by atoms with Crippen molar-refractivity contribution in [2.75, 3.05) is 12.3 Å². The van der Waals surface area contributed by atoms with E-state index in [1.807, 2.05) is 6.92 Å². The van der Waals surface area contributed by atoms with Crippen molar-refractivity contribution in [3.8, 4) is 0 Å². The van der Waals surface area contributed by atoms with Crippen LogP contribution in [0.2, 0.25) is 0 Å². The number of furan rings is 1. The third-order valence-corrected chi connectivity index (χ3v) is 4.09. The van der Waals surface area contributed by atoms with Crippen molar-refractivity contribution >= 4 is 28.9 Å². The van der Waals surface area contributed by atoms with Gasteiger partial charge in [-0.1, -0.05) is 12.1 Å². The Hall–Kier alpha value is -3.43. The number of carbonyl (C=O) groups is 2. The summed E-state index contributed by atoms with van der Waals surface area (Å²) in [6.07, 6.45) is 0.527. The molecule has 28 heavy (non-hydrogen) atoms. The molecule has 0 unspecified atom stereocenters. The normalized spacial score (nSPS) is 11.0. The van der Waals surface area contributed by atoms with Crippen LogP contribution in [0.1, 0.15) is 57.6 Å². The molecule has 2 N–H and O–H groups in total. The first-order chi connectivity index (χ1) is 13.4. The average molecular weight is 388 g/mol. The van der Waals surface area contributed by atoms with Gasteiger partial charge in [-0.3, -0.25) is 0 Å². The number of aromatic nitrogens is 3. The van der Waals surface area contributed by atoms with Gasteiger partial charge in [-0.2, -0.15) is 4.98 Å². The molecule has 0 saturated carbocycles. The Morgan fingerprint density at radius 3 is 2.43 bits per heavy atom. The van der Waals surface area contributed by atoms with Crippen molar-refractivity contribution in [1.29, 1.82) is 0 Å². The summed E-state index contributed by atoms with van der Waals surface area (Å²) in [6, 6.07) is 0. The van der Waals surface area contributed by atoms with Crippen LogP contribution in [0.3, 0.4) is 0 Å². The van der Waals surface area contributed by atoms with Crippen LogP contribution in [-0.4, -0.2) is 33.7 Å². The molecule has 0 aliphatic heterocycles. The fourth-order valence-corrected chi connectivity index (χ4v) is 2.82. The fraction of sp³-hybridized carbons (Fsp3) is 0.389. The van der Waals surface area contributed by atoms with Gasteiger partial charge in [-0.05, 0) is 27.2 Å². The maximum atomic E-state index is 12.4. The lowest BCUT2D eigenvalue weighted by Crippen LogP contribution is -2.11. The topological polar surface area (TPSA) is 144 Å². The minimum atomic E-state index is -0.597. The Morgan fingerprint density at radius 2 is 1.75 bits per heavy atom. The van der Waals surface area contributed by atoms with Crippen LogP contribution in [0.4, 0.5) is 5.82 Å². The van der Waals surface area contributed by atoms with E-state index < -0.39 is 11.9 Å². The molecule has 0 saturated heterocycles. The number of nitrogen functional groups attached to an aromatic ring is 1. The second kappa shape index (κ2) is 7.67. The summed E-state index contributed by atoms with van der Waals surface area (Å²) in [6.45, 7) is 6.76. The van der Waals surface area contributed by atoms with E-state index in [-0.39, 0.29) is 47.1 Å². The molecule has 0 fully saturated rings. The minimum Gasteiger partial charge on any atom is -0.462 e. The van der Waals surface area contributed by atoms with Crippen LogP contribution >= 0.6 is 0 Å². The summed E-state index contributed by atoms with van der Waals surface area (Å²) in [4.78, 5) is 32.8. The lowest BCUT2D eigenvalue weighted by molar-refractivity contribution is 0.0458. The molecule has 0 bridgehead atoms. The lowest BCUT2D eigenvalue weighted by atomic mass is 10.1. The van der Waals surface area contributed by atoms with Crippen molar-refractivity contribution in [3.63, 3.8) is 0 Å². The number of hydrogen-bond donors (Lipinski definition) is 1. The molecule has 0 aromatic carbocycles. The van der Waals surface area contributed by atoms with Gasteiger partial charge in [-0.15, -0.1) is 0 Å². The van der Waals surface area contributed by atoms with E-state index in [0.717, 1.165) is 0 Å². The van der Waals surface area contributed by atoms with E-state index in [0.29, 0.717) is 23.6 Å². The maximum Gasteiger partial charge on any atom is 0.344 e. The monoisotopic (exact) mass is 388 g/mol. The zero-order chi connectivity index (χ0) is 20.4. The van der Waals surface area contributed by atoms with Crippen LogP contribution in [-0.2, 0) is 22.5 Å². The predicted octanol–water partition coefficient (Wildman–Crippen LogP) is 2.51. The second-order valence-electron chi connectivity index (χ2n) is 5.95. The average Bonchev–Trinajstić information content (AvgIpc) is 3.19. The predicted molar refractivity (Wildman–Crippen MR) is 96.6 cm³/mol. The summed E-state index contributed by atoms with van der Waals surface area (Å²) < 4.78 is 20.8. The number of nitrogens with zero attached hydrogens (tertiary/aromatic N) is 3. The molecular formula is C18H20N4O6. The standard InChI is InChI=1S/C18H20N4O6/c1-5-10-12(9(4)28-22-10)17(23)26-7-11-20-15(19)14-13(18(24)25-6-2)8(3)27-16(14)21-11/h5-7H2,1-4H3,(H2,19,20,21). The van der Waals surface area contributed by atoms with E-state index >= 15 is 0 Å². The first kappa shape index (κ1) is 19.3. The number of ether oxygens (including phenoxy) is 2. The molecule has 3 aromatic rings. The molecular weight excluding hydrogens is 368 g/mol. The summed E-state index contributed by atoms with van der Waals surface area (Å²) in [5, 5.41) is 4.10. The summed E-state index contributed by atoms with van der Waals surface area (Å²) in [5.41, 5.74) is 7.10. The van der Waals surface area contributed by atoms with E-state index in [9.17, 15) is 9.59 Å². The van der Waals surface area contributed by atoms with Gasteiger partial charge < -0.3 is 24.1 Å². The zero-order valence-corrected chi connectivity index (χ0v) is 16.0. The summed E-state index contributed by atoms with van der Waals surface area (Å²) in [7, 11) is 0. The lowest BCUT2D eigenvalue weighted by Gasteiger charge is -2.05. The molecule has 148 valence electrons. The smallest absolute Gasteiger partial charge is 0.344 e. The van der Waals surface area contributed by atoms with Gasteiger partial charge in [-0.25, -0.2) is 14.6 Å². The van der Waals surface area contributed by atoms with E-state index in [1.54, 1.807) is 20.8 Å². The fourth-order valence-electron chi connectivity index (χ4n) is 2.82. The van der Waals surface area contributed by atoms with Gasteiger partial charge >= 0.3 is 11.9 Å². The number of carbonyl (C=O) groups excluding carboxylic acids is 2. The molecule has 3 heterocycles. The number of esters is 2. The number of anilines is 1. The highest BCUT2D eigenvalue weighted by atomic mass is 16.5. The number of hydrogen-bond acceptors (Lipinski definition) is 10. The Bertz CT molecular complexity index is 1050. The third kappa shape index (κ3) is 3.40.